The summed E-state index contributed by atoms with van der Waals surface area (Å²) in [6.45, 7) is 5.64. The van der Waals surface area contributed by atoms with Gasteiger partial charge in [0.2, 0.25) is 17.8 Å². The van der Waals surface area contributed by atoms with Crippen LogP contribution in [0, 0.1) is 45.5 Å². The molecule has 0 fully saturated rings. The van der Waals surface area contributed by atoms with Gasteiger partial charge >= 0.3 is 0 Å². The fraction of sp³-hybridized carbons (Fsp3) is 0.200. The molecule has 7 rings (SSSR count). The Balaban J connectivity index is 1.30. The van der Waals surface area contributed by atoms with Crippen molar-refractivity contribution in [2.75, 3.05) is 17.7 Å². The van der Waals surface area contributed by atoms with Crippen LogP contribution in [0.1, 0.15) is 58.8 Å². The zero-order chi connectivity index (χ0) is 41.4. The first-order chi connectivity index (χ1) is 27.8. The van der Waals surface area contributed by atoms with Gasteiger partial charge in [-0.3, -0.25) is 29.8 Å². The van der Waals surface area contributed by atoms with Crippen molar-refractivity contribution in [3.05, 3.63) is 88.2 Å². The van der Waals surface area contributed by atoms with Gasteiger partial charge in [0.25, 0.3) is 17.7 Å². The van der Waals surface area contributed by atoms with Crippen LogP contribution in [-0.2, 0) is 26.2 Å². The van der Waals surface area contributed by atoms with Gasteiger partial charge in [-0.05, 0) is 57.2 Å². The second-order valence-corrected chi connectivity index (χ2v) is 13.2. The van der Waals surface area contributed by atoms with Crippen LogP contribution in [0.4, 0.5) is 11.9 Å². The number of anilines is 2. The second kappa shape index (κ2) is 15.2. The molecule has 0 saturated carbocycles. The summed E-state index contributed by atoms with van der Waals surface area (Å²) in [6, 6.07) is 9.49. The molecule has 0 saturated heterocycles. The molecule has 0 aliphatic heterocycles. The van der Waals surface area contributed by atoms with Gasteiger partial charge in [0.05, 0.1) is 40.6 Å². The lowest BCUT2D eigenvalue weighted by molar-refractivity contribution is 0.0992. The zero-order valence-electron chi connectivity index (χ0n) is 31.8. The third-order valence-electron chi connectivity index (χ3n) is 9.15. The van der Waals surface area contributed by atoms with Crippen molar-refractivity contribution >= 4 is 68.6 Å². The van der Waals surface area contributed by atoms with Crippen LogP contribution in [0.3, 0.4) is 0 Å². The number of nitrogens with one attached hydrogen (secondary N) is 2. The lowest BCUT2D eigenvalue weighted by Gasteiger charge is -2.12. The fourth-order valence-electron chi connectivity index (χ4n) is 6.77. The highest BCUT2D eigenvalue weighted by Gasteiger charge is 2.24. The molecule has 18 nitrogen and oxygen atoms in total. The van der Waals surface area contributed by atoms with Crippen molar-refractivity contribution in [3.63, 3.8) is 0 Å². The number of ether oxygens (including phenoxy) is 1. The molecule has 0 aliphatic rings. The normalized spacial score (nSPS) is 11.3. The molecule has 5 heterocycles. The molecular weight excluding hydrogens is 745 g/mol. The smallest absolute Gasteiger partial charge is 0.276 e. The number of allylic oxidation sites excluding steroid dienone is 2. The number of hydrogen-bond donors (Lipinski definition) is 4. The SMILES string of the molecule is C#CCn1nc(C)cc1C(=O)Nc1nc2cc(C(N)=O)cc(OC)c2n1C/C=C/Cn1c(NC(=O)c2cc(C)nn2CC#C)nc2cc(C(N)=O)c3oc(C)cc3c21. The summed E-state index contributed by atoms with van der Waals surface area (Å²) in [5.74, 6) is 3.65. The molecule has 0 aliphatic carbocycles. The van der Waals surface area contributed by atoms with E-state index in [2.05, 4.69) is 37.7 Å². The Labute approximate surface area is 329 Å². The minimum Gasteiger partial charge on any atom is -0.494 e. The van der Waals surface area contributed by atoms with Crippen LogP contribution >= 0.6 is 0 Å². The number of terminal acetylenes is 2. The predicted molar refractivity (Wildman–Crippen MR) is 214 cm³/mol. The Morgan fingerprint density at radius 2 is 1.31 bits per heavy atom. The van der Waals surface area contributed by atoms with E-state index >= 15 is 0 Å². The number of furan rings is 1. The summed E-state index contributed by atoms with van der Waals surface area (Å²) in [5, 5.41) is 14.9. The highest BCUT2D eigenvalue weighted by atomic mass is 16.5. The van der Waals surface area contributed by atoms with E-state index in [1.54, 1.807) is 48.1 Å². The maximum Gasteiger partial charge on any atom is 0.276 e. The van der Waals surface area contributed by atoms with Gasteiger partial charge in [-0.15, -0.1) is 12.8 Å². The first-order valence-corrected chi connectivity index (χ1v) is 17.7. The number of aryl methyl sites for hydroxylation is 3. The molecule has 0 unspecified atom stereocenters. The van der Waals surface area contributed by atoms with Gasteiger partial charge in [0, 0.05) is 24.0 Å². The van der Waals surface area contributed by atoms with Gasteiger partial charge < -0.3 is 29.8 Å². The number of hydrogen-bond acceptors (Lipinski definition) is 10. The van der Waals surface area contributed by atoms with Crippen molar-refractivity contribution in [2.45, 2.75) is 47.0 Å². The van der Waals surface area contributed by atoms with Crippen LogP contribution in [-0.4, -0.2) is 69.4 Å². The van der Waals surface area contributed by atoms with E-state index in [0.717, 1.165) is 0 Å². The summed E-state index contributed by atoms with van der Waals surface area (Å²) < 4.78 is 17.8. The average molecular weight is 781 g/mol. The summed E-state index contributed by atoms with van der Waals surface area (Å²) >= 11 is 0. The predicted octanol–water partition coefficient (Wildman–Crippen LogP) is 3.68. The molecule has 58 heavy (non-hydrogen) atoms. The molecule has 18 heteroatoms. The number of primary amides is 2. The van der Waals surface area contributed by atoms with E-state index in [1.165, 1.54) is 34.7 Å². The highest BCUT2D eigenvalue weighted by Crippen LogP contribution is 2.34. The Bertz CT molecular complexity index is 2960. The monoisotopic (exact) mass is 780 g/mol. The van der Waals surface area contributed by atoms with Crippen molar-refractivity contribution in [2.24, 2.45) is 11.5 Å². The van der Waals surface area contributed by atoms with E-state index in [-0.39, 0.29) is 71.9 Å². The number of nitrogens with two attached hydrogens (primary N) is 2. The van der Waals surface area contributed by atoms with E-state index < -0.39 is 23.6 Å². The number of imidazole rings is 2. The van der Waals surface area contributed by atoms with Crippen LogP contribution in [0.25, 0.3) is 33.0 Å². The third kappa shape index (κ3) is 6.97. The molecule has 7 aromatic rings. The molecule has 292 valence electrons. The van der Waals surface area contributed by atoms with E-state index in [9.17, 15) is 19.2 Å². The van der Waals surface area contributed by atoms with Crippen molar-refractivity contribution in [1.82, 2.24) is 38.7 Å². The van der Waals surface area contributed by atoms with Crippen molar-refractivity contribution < 1.29 is 28.3 Å². The first-order valence-electron chi connectivity index (χ1n) is 17.7. The zero-order valence-corrected chi connectivity index (χ0v) is 31.8. The van der Waals surface area contributed by atoms with Crippen LogP contribution in [0.15, 0.2) is 53.0 Å². The Morgan fingerprint density at radius 3 is 1.81 bits per heavy atom. The molecular formula is C40H36N12O6. The summed E-state index contributed by atoms with van der Waals surface area (Å²) in [6.07, 6.45) is 14.7. The maximum absolute atomic E-state index is 13.7. The number of aromatic nitrogens is 8. The molecule has 2 aromatic carbocycles. The van der Waals surface area contributed by atoms with E-state index in [0.29, 0.717) is 44.6 Å². The van der Waals surface area contributed by atoms with E-state index in [1.807, 2.05) is 12.2 Å². The fourth-order valence-corrected chi connectivity index (χ4v) is 6.77. The van der Waals surface area contributed by atoms with Crippen LogP contribution in [0.5, 0.6) is 5.75 Å². The number of nitrogens with zero attached hydrogens (tertiary/aromatic N) is 8. The maximum atomic E-state index is 13.7. The molecule has 6 N–H and O–H groups in total. The first kappa shape index (κ1) is 38.2. The molecule has 4 amide bonds. The minimum absolute atomic E-state index is 0.0691. The lowest BCUT2D eigenvalue weighted by atomic mass is 10.1. The topological polar surface area (TPSA) is 238 Å². The van der Waals surface area contributed by atoms with Gasteiger partial charge in [-0.2, -0.15) is 10.2 Å². The number of carbonyl (C=O) groups is 4. The van der Waals surface area contributed by atoms with Crippen molar-refractivity contribution in [1.29, 1.82) is 0 Å². The average Bonchev–Trinajstić information content (AvgIpc) is 3.99. The lowest BCUT2D eigenvalue weighted by Crippen LogP contribution is -2.20. The number of benzene rings is 2. The molecule has 5 aromatic heterocycles. The quantitative estimate of drug-likeness (QED) is 0.0978. The van der Waals surface area contributed by atoms with Crippen molar-refractivity contribution in [3.8, 4) is 30.4 Å². The highest BCUT2D eigenvalue weighted by molar-refractivity contribution is 6.14. The molecule has 0 bridgehead atoms. The van der Waals surface area contributed by atoms with Crippen LogP contribution in [0.2, 0.25) is 0 Å². The Hall–Kier alpha value is -8.12. The standard InChI is InChI=1S/C40H36N12O6/c1-7-11-51-29(15-21(3)47-51)37(55)45-39-44-28-20-26(36(42)54)34-25(17-23(5)58-34)32(28)49(39)13-9-10-14-50-33-27(18-24(35(41)53)19-31(33)57-6)43-40(50)46-38(56)30-16-22(4)48-52(30)12-8-2/h1-2,9-10,15-20H,11-14H2,3-6H3,(H2,41,53)(H2,42,54)(H,43,46,56)(H,44,45,55)/b10-9+. The number of amides is 4. The second-order valence-electron chi connectivity index (χ2n) is 13.2. The van der Waals surface area contributed by atoms with Gasteiger partial charge in [-0.25, -0.2) is 19.3 Å². The summed E-state index contributed by atoms with van der Waals surface area (Å²) in [7, 11) is 1.44. The summed E-state index contributed by atoms with van der Waals surface area (Å²) in [5.41, 5.74) is 15.3. The minimum atomic E-state index is -0.709. The Kier molecular flexibility index (Phi) is 10.00. The van der Waals surface area contributed by atoms with Gasteiger partial charge in [0.15, 0.2) is 0 Å². The number of methoxy groups -OCH3 is 1. The molecule has 0 atom stereocenters. The Morgan fingerprint density at radius 1 is 0.776 bits per heavy atom. The molecule has 0 radical (unpaired) electrons. The van der Waals surface area contributed by atoms with Crippen LogP contribution < -0.4 is 26.8 Å². The number of fused-ring (bicyclic) bond motifs is 4. The number of carbonyl (C=O) groups excluding carboxylic acids is 4. The molecule has 0 spiro atoms. The summed E-state index contributed by atoms with van der Waals surface area (Å²) in [4.78, 5) is 61.4. The van der Waals surface area contributed by atoms with E-state index in [4.69, 9.17) is 38.5 Å². The largest absolute Gasteiger partial charge is 0.494 e. The van der Waals surface area contributed by atoms with Gasteiger partial charge in [0.1, 0.15) is 47.1 Å². The number of rotatable bonds is 13. The third-order valence-corrected chi connectivity index (χ3v) is 9.15. The van der Waals surface area contributed by atoms with Gasteiger partial charge in [-0.1, -0.05) is 24.0 Å².